The number of aromatic nitrogens is 4. The highest BCUT2D eigenvalue weighted by Crippen LogP contribution is 2.15. The number of thiazole rings is 1. The Balaban J connectivity index is 0.00000280. The zero-order valence-corrected chi connectivity index (χ0v) is 20.3. The molecule has 1 fully saturated rings. The first-order valence-electron chi connectivity index (χ1n) is 9.59. The van der Waals surface area contributed by atoms with Crippen LogP contribution < -0.4 is 10.6 Å². The number of likely N-dealkylation sites (N-methyl/N-ethyl adjacent to an activating group) is 1. The average molecular weight is 518 g/mol. The van der Waals surface area contributed by atoms with E-state index in [1.54, 1.807) is 11.3 Å². The molecule has 1 unspecified atom stereocenters. The number of guanidine groups is 1. The monoisotopic (exact) mass is 518 g/mol. The smallest absolute Gasteiger partial charge is 0.192 e. The second-order valence-electron chi connectivity index (χ2n) is 6.91. The summed E-state index contributed by atoms with van der Waals surface area (Å²) >= 11 is 1.71. The minimum Gasteiger partial charge on any atom is -0.355 e. The van der Waals surface area contributed by atoms with Gasteiger partial charge in [-0.1, -0.05) is 6.92 Å². The van der Waals surface area contributed by atoms with E-state index in [9.17, 15) is 0 Å². The number of nitrogens with one attached hydrogen (secondary N) is 2. The minimum absolute atomic E-state index is 0. The van der Waals surface area contributed by atoms with Crippen molar-refractivity contribution in [3.63, 3.8) is 0 Å². The van der Waals surface area contributed by atoms with Crippen LogP contribution in [0.1, 0.15) is 41.3 Å². The van der Waals surface area contributed by atoms with Crippen molar-refractivity contribution in [2.24, 2.45) is 12.0 Å². The van der Waals surface area contributed by atoms with E-state index in [0.29, 0.717) is 19.1 Å². The number of aliphatic imine (C=N–C) groups is 1. The number of halogens is 1. The quantitative estimate of drug-likeness (QED) is 0.333. The molecule has 2 N–H and O–H groups in total. The molecule has 3 rings (SSSR count). The van der Waals surface area contributed by atoms with Crippen molar-refractivity contribution in [2.75, 3.05) is 19.6 Å². The Morgan fingerprint density at radius 1 is 1.32 bits per heavy atom. The number of nitrogens with zero attached hydrogens (tertiary/aromatic N) is 6. The fourth-order valence-electron chi connectivity index (χ4n) is 3.31. The zero-order chi connectivity index (χ0) is 19.2. The molecular weight excluding hydrogens is 487 g/mol. The van der Waals surface area contributed by atoms with Crippen LogP contribution in [0.25, 0.3) is 0 Å². The van der Waals surface area contributed by atoms with Crippen LogP contribution in [0.3, 0.4) is 0 Å². The molecule has 0 aliphatic carbocycles. The molecule has 0 radical (unpaired) electrons. The molecule has 2 aromatic rings. The predicted octanol–water partition coefficient (Wildman–Crippen LogP) is 2.23. The Bertz CT molecular complexity index is 771. The Morgan fingerprint density at radius 3 is 2.79 bits per heavy atom. The predicted molar refractivity (Wildman–Crippen MR) is 124 cm³/mol. The highest BCUT2D eigenvalue weighted by molar-refractivity contribution is 14.0. The molecular formula is C18H31IN8S. The van der Waals surface area contributed by atoms with Gasteiger partial charge in [-0.2, -0.15) is 0 Å². The summed E-state index contributed by atoms with van der Waals surface area (Å²) in [5.41, 5.74) is 0. The molecule has 1 atom stereocenters. The third-order valence-electron chi connectivity index (χ3n) is 5.05. The summed E-state index contributed by atoms with van der Waals surface area (Å²) in [6.45, 7) is 10.6. The maximum absolute atomic E-state index is 4.73. The summed E-state index contributed by atoms with van der Waals surface area (Å²) in [6.07, 6.45) is 4.42. The zero-order valence-electron chi connectivity index (χ0n) is 17.1. The van der Waals surface area contributed by atoms with Gasteiger partial charge in [0.1, 0.15) is 17.4 Å². The van der Waals surface area contributed by atoms with E-state index in [-0.39, 0.29) is 24.0 Å². The Labute approximate surface area is 188 Å². The lowest BCUT2D eigenvalue weighted by Gasteiger charge is -2.24. The number of hydrogen-bond acceptors (Lipinski definition) is 6. The topological polar surface area (TPSA) is 83.3 Å². The van der Waals surface area contributed by atoms with Crippen LogP contribution in [0.5, 0.6) is 0 Å². The van der Waals surface area contributed by atoms with Crippen LogP contribution in [0.15, 0.2) is 11.2 Å². The highest BCUT2D eigenvalue weighted by atomic mass is 127. The van der Waals surface area contributed by atoms with E-state index in [2.05, 4.69) is 44.6 Å². The van der Waals surface area contributed by atoms with Gasteiger partial charge in [0.15, 0.2) is 11.8 Å². The lowest BCUT2D eigenvalue weighted by molar-refractivity contribution is 0.267. The fourth-order valence-corrected chi connectivity index (χ4v) is 4.04. The van der Waals surface area contributed by atoms with E-state index in [0.717, 1.165) is 35.7 Å². The molecule has 0 aromatic carbocycles. The normalized spacial score (nSPS) is 17.6. The van der Waals surface area contributed by atoms with Crippen molar-refractivity contribution in [3.05, 3.63) is 27.7 Å². The van der Waals surface area contributed by atoms with Gasteiger partial charge in [-0.25, -0.2) is 9.98 Å². The van der Waals surface area contributed by atoms with Crippen molar-refractivity contribution in [1.82, 2.24) is 35.3 Å². The molecule has 3 heterocycles. The third kappa shape index (κ3) is 6.11. The lowest BCUT2D eigenvalue weighted by Crippen LogP contribution is -2.44. The molecule has 1 aliphatic heterocycles. The van der Waals surface area contributed by atoms with Crippen molar-refractivity contribution in [1.29, 1.82) is 0 Å². The molecule has 156 valence electrons. The Kier molecular flexibility index (Phi) is 9.09. The van der Waals surface area contributed by atoms with Crippen LogP contribution in [0.4, 0.5) is 0 Å². The van der Waals surface area contributed by atoms with Gasteiger partial charge in [-0.15, -0.1) is 45.5 Å². The van der Waals surface area contributed by atoms with Crippen molar-refractivity contribution in [2.45, 2.75) is 52.7 Å². The summed E-state index contributed by atoms with van der Waals surface area (Å²) < 4.78 is 1.97. The van der Waals surface area contributed by atoms with Gasteiger partial charge in [0, 0.05) is 30.7 Å². The SMILES string of the molecule is CCN1CCCC1CNC(=NCc1nnc(C)n1C)NCc1ncc(C)s1.I. The molecule has 0 saturated carbocycles. The van der Waals surface area contributed by atoms with E-state index in [1.165, 1.54) is 24.3 Å². The second-order valence-corrected chi connectivity index (χ2v) is 8.23. The van der Waals surface area contributed by atoms with Crippen molar-refractivity contribution in [3.8, 4) is 0 Å². The number of likely N-dealkylation sites (tertiary alicyclic amines) is 1. The molecule has 0 amide bonds. The molecule has 1 saturated heterocycles. The third-order valence-corrected chi connectivity index (χ3v) is 5.96. The van der Waals surface area contributed by atoms with E-state index < -0.39 is 0 Å². The lowest BCUT2D eigenvalue weighted by atomic mass is 10.2. The average Bonchev–Trinajstić information content (AvgIpc) is 3.37. The van der Waals surface area contributed by atoms with Crippen LogP contribution in [0, 0.1) is 13.8 Å². The van der Waals surface area contributed by atoms with E-state index >= 15 is 0 Å². The summed E-state index contributed by atoms with van der Waals surface area (Å²) in [7, 11) is 1.97. The van der Waals surface area contributed by atoms with Crippen LogP contribution in [0.2, 0.25) is 0 Å². The number of rotatable bonds is 7. The minimum atomic E-state index is 0. The van der Waals surface area contributed by atoms with E-state index in [1.807, 2.05) is 24.7 Å². The standard InChI is InChI=1S/C18H30N8S.HI/c1-5-26-8-6-7-15(26)10-20-18(22-12-17-19-9-13(2)27-17)21-11-16-24-23-14(3)25(16)4;/h9,15H,5-8,10-12H2,1-4H3,(H2,20,21,22);1H. The van der Waals surface area contributed by atoms with Gasteiger partial charge in [0.05, 0.1) is 6.54 Å². The van der Waals surface area contributed by atoms with Crippen molar-refractivity contribution < 1.29 is 0 Å². The van der Waals surface area contributed by atoms with E-state index in [4.69, 9.17) is 4.99 Å². The first kappa shape index (κ1) is 23.0. The molecule has 8 nitrogen and oxygen atoms in total. The first-order valence-corrected chi connectivity index (χ1v) is 10.4. The Hall–Kier alpha value is -1.27. The highest BCUT2D eigenvalue weighted by Gasteiger charge is 2.22. The van der Waals surface area contributed by atoms with Crippen LogP contribution >= 0.6 is 35.3 Å². The maximum Gasteiger partial charge on any atom is 0.192 e. The summed E-state index contributed by atoms with van der Waals surface area (Å²) in [5, 5.41) is 16.3. The largest absolute Gasteiger partial charge is 0.355 e. The van der Waals surface area contributed by atoms with Gasteiger partial charge in [-0.3, -0.25) is 4.90 Å². The van der Waals surface area contributed by atoms with Crippen LogP contribution in [-0.2, 0) is 20.1 Å². The van der Waals surface area contributed by atoms with Gasteiger partial charge < -0.3 is 15.2 Å². The molecule has 0 spiro atoms. The molecule has 1 aliphatic rings. The summed E-state index contributed by atoms with van der Waals surface area (Å²) in [6, 6.07) is 0.571. The summed E-state index contributed by atoms with van der Waals surface area (Å²) in [4.78, 5) is 12.9. The van der Waals surface area contributed by atoms with Gasteiger partial charge in [0.2, 0.25) is 0 Å². The molecule has 10 heteroatoms. The molecule has 2 aromatic heterocycles. The van der Waals surface area contributed by atoms with Crippen LogP contribution in [-0.4, -0.2) is 56.3 Å². The summed E-state index contributed by atoms with van der Waals surface area (Å²) in [5.74, 6) is 2.55. The second kappa shape index (κ2) is 11.1. The molecule has 0 bridgehead atoms. The Morgan fingerprint density at radius 2 is 2.14 bits per heavy atom. The van der Waals surface area contributed by atoms with Gasteiger partial charge in [0.25, 0.3) is 0 Å². The number of aryl methyl sites for hydroxylation is 2. The van der Waals surface area contributed by atoms with Gasteiger partial charge in [-0.05, 0) is 39.8 Å². The fraction of sp³-hybridized carbons (Fsp3) is 0.667. The van der Waals surface area contributed by atoms with Gasteiger partial charge >= 0.3 is 0 Å². The molecule has 28 heavy (non-hydrogen) atoms. The van der Waals surface area contributed by atoms with Crippen molar-refractivity contribution >= 4 is 41.3 Å². The maximum atomic E-state index is 4.73. The first-order chi connectivity index (χ1) is 13.1. The number of hydrogen-bond donors (Lipinski definition) is 2.